The SMILES string of the molecule is Nc1c2oc3ccccc3c2cc2c1c1ccccc1n2-c1cccc2ccccc12. The molecule has 0 saturated heterocycles. The molecule has 0 amide bonds. The Morgan fingerprint density at radius 1 is 0.613 bits per heavy atom. The maximum atomic E-state index is 6.78. The van der Waals surface area contributed by atoms with Gasteiger partial charge in [-0.1, -0.05) is 72.8 Å². The minimum absolute atomic E-state index is 0.693. The predicted octanol–water partition coefficient (Wildman–Crippen LogP) is 7.42. The molecular weight excluding hydrogens is 380 g/mol. The highest BCUT2D eigenvalue weighted by molar-refractivity contribution is 6.24. The third-order valence-electron chi connectivity index (χ3n) is 6.35. The summed E-state index contributed by atoms with van der Waals surface area (Å²) in [6.07, 6.45) is 0. The predicted molar refractivity (Wildman–Crippen MR) is 130 cm³/mol. The van der Waals surface area contributed by atoms with Gasteiger partial charge in [-0.25, -0.2) is 0 Å². The van der Waals surface area contributed by atoms with E-state index in [9.17, 15) is 0 Å². The van der Waals surface area contributed by atoms with Gasteiger partial charge in [0.1, 0.15) is 5.58 Å². The first kappa shape index (κ1) is 16.5. The molecule has 0 fully saturated rings. The Labute approximate surface area is 177 Å². The summed E-state index contributed by atoms with van der Waals surface area (Å²) in [5.41, 5.74) is 12.5. The monoisotopic (exact) mass is 398 g/mol. The van der Waals surface area contributed by atoms with Crippen molar-refractivity contribution >= 4 is 60.2 Å². The zero-order chi connectivity index (χ0) is 20.5. The molecule has 7 aromatic rings. The minimum Gasteiger partial charge on any atom is -0.454 e. The number of nitrogens with two attached hydrogens (primary N) is 1. The zero-order valence-corrected chi connectivity index (χ0v) is 16.7. The van der Waals surface area contributed by atoms with Gasteiger partial charge in [0.25, 0.3) is 0 Å². The van der Waals surface area contributed by atoms with Crippen LogP contribution in [0.2, 0.25) is 0 Å². The first-order chi connectivity index (χ1) is 15.3. The summed E-state index contributed by atoms with van der Waals surface area (Å²) in [7, 11) is 0. The molecule has 0 saturated carbocycles. The van der Waals surface area contributed by atoms with E-state index < -0.39 is 0 Å². The van der Waals surface area contributed by atoms with Crippen molar-refractivity contribution in [3.05, 3.63) is 97.1 Å². The summed E-state index contributed by atoms with van der Waals surface area (Å²) in [6, 6.07) is 33.8. The summed E-state index contributed by atoms with van der Waals surface area (Å²) in [5.74, 6) is 0. The van der Waals surface area contributed by atoms with Gasteiger partial charge in [0.2, 0.25) is 0 Å². The number of furan rings is 1. The molecule has 0 unspecified atom stereocenters. The van der Waals surface area contributed by atoms with Crippen molar-refractivity contribution in [2.24, 2.45) is 0 Å². The second kappa shape index (κ2) is 5.89. The largest absolute Gasteiger partial charge is 0.454 e. The second-order valence-electron chi connectivity index (χ2n) is 8.01. The number of rotatable bonds is 1. The molecule has 0 radical (unpaired) electrons. The van der Waals surface area contributed by atoms with E-state index in [-0.39, 0.29) is 0 Å². The Bertz CT molecular complexity index is 1800. The molecule has 0 aliphatic carbocycles. The maximum Gasteiger partial charge on any atom is 0.159 e. The summed E-state index contributed by atoms with van der Waals surface area (Å²) in [4.78, 5) is 0. The number of fused-ring (bicyclic) bond motifs is 7. The van der Waals surface area contributed by atoms with Crippen molar-refractivity contribution in [3.63, 3.8) is 0 Å². The van der Waals surface area contributed by atoms with Gasteiger partial charge in [0, 0.05) is 26.9 Å². The molecule has 7 rings (SSSR count). The molecule has 0 spiro atoms. The highest BCUT2D eigenvalue weighted by Gasteiger charge is 2.20. The van der Waals surface area contributed by atoms with E-state index in [1.54, 1.807) is 0 Å². The average Bonchev–Trinajstić information content (AvgIpc) is 3.35. The van der Waals surface area contributed by atoms with Crippen molar-refractivity contribution in [3.8, 4) is 5.69 Å². The molecular formula is C28H18N2O. The Kier molecular flexibility index (Phi) is 3.15. The lowest BCUT2D eigenvalue weighted by atomic mass is 10.1. The van der Waals surface area contributed by atoms with Gasteiger partial charge < -0.3 is 14.7 Å². The topological polar surface area (TPSA) is 44.1 Å². The van der Waals surface area contributed by atoms with Crippen molar-refractivity contribution in [1.29, 1.82) is 0 Å². The van der Waals surface area contributed by atoms with Crippen LogP contribution in [0.15, 0.2) is 101 Å². The number of para-hydroxylation sites is 2. The summed E-state index contributed by atoms with van der Waals surface area (Å²) < 4.78 is 8.53. The molecule has 0 atom stereocenters. The smallest absolute Gasteiger partial charge is 0.159 e. The Morgan fingerprint density at radius 3 is 2.23 bits per heavy atom. The van der Waals surface area contributed by atoms with Gasteiger partial charge in [-0.2, -0.15) is 0 Å². The number of anilines is 1. The van der Waals surface area contributed by atoms with Crippen LogP contribution >= 0.6 is 0 Å². The number of aromatic nitrogens is 1. The van der Waals surface area contributed by atoms with E-state index in [1.807, 2.05) is 18.2 Å². The molecule has 2 N–H and O–H groups in total. The van der Waals surface area contributed by atoms with Gasteiger partial charge in [-0.05, 0) is 29.7 Å². The van der Waals surface area contributed by atoms with Crippen LogP contribution in [0, 0.1) is 0 Å². The third-order valence-corrected chi connectivity index (χ3v) is 6.35. The molecule has 2 heterocycles. The van der Waals surface area contributed by atoms with Gasteiger partial charge in [0.05, 0.1) is 22.4 Å². The van der Waals surface area contributed by atoms with Crippen LogP contribution in [0.4, 0.5) is 5.69 Å². The van der Waals surface area contributed by atoms with Crippen LogP contribution < -0.4 is 5.73 Å². The van der Waals surface area contributed by atoms with E-state index in [4.69, 9.17) is 10.2 Å². The van der Waals surface area contributed by atoms with Crippen molar-refractivity contribution in [2.75, 3.05) is 5.73 Å². The highest BCUT2D eigenvalue weighted by atomic mass is 16.3. The number of hydrogen-bond acceptors (Lipinski definition) is 2. The fourth-order valence-corrected chi connectivity index (χ4v) is 5.00. The van der Waals surface area contributed by atoms with Gasteiger partial charge >= 0.3 is 0 Å². The average molecular weight is 398 g/mol. The fraction of sp³-hybridized carbons (Fsp3) is 0. The van der Waals surface area contributed by atoms with E-state index in [1.165, 1.54) is 10.8 Å². The van der Waals surface area contributed by atoms with E-state index in [2.05, 4.69) is 83.4 Å². The van der Waals surface area contributed by atoms with Crippen LogP contribution in [0.5, 0.6) is 0 Å². The Morgan fingerprint density at radius 2 is 1.32 bits per heavy atom. The van der Waals surface area contributed by atoms with Crippen molar-refractivity contribution in [1.82, 2.24) is 4.57 Å². The second-order valence-corrected chi connectivity index (χ2v) is 8.01. The summed E-state index contributed by atoms with van der Waals surface area (Å²) in [5, 5.41) is 6.73. The molecule has 146 valence electrons. The number of nitrogens with zero attached hydrogens (tertiary/aromatic N) is 1. The third kappa shape index (κ3) is 2.12. The van der Waals surface area contributed by atoms with Crippen LogP contribution in [0.1, 0.15) is 0 Å². The van der Waals surface area contributed by atoms with Crippen LogP contribution in [-0.4, -0.2) is 4.57 Å². The number of hydrogen-bond donors (Lipinski definition) is 1. The first-order valence-corrected chi connectivity index (χ1v) is 10.4. The zero-order valence-electron chi connectivity index (χ0n) is 16.7. The van der Waals surface area contributed by atoms with Crippen LogP contribution in [-0.2, 0) is 0 Å². The summed E-state index contributed by atoms with van der Waals surface area (Å²) in [6.45, 7) is 0. The molecule has 31 heavy (non-hydrogen) atoms. The van der Waals surface area contributed by atoms with Crippen LogP contribution in [0.25, 0.3) is 60.2 Å². The number of benzene rings is 5. The Balaban J connectivity index is 1.75. The molecule has 3 nitrogen and oxygen atoms in total. The summed E-state index contributed by atoms with van der Waals surface area (Å²) >= 11 is 0. The lowest BCUT2D eigenvalue weighted by Gasteiger charge is -2.11. The standard InChI is InChI=1S/C28H18N2O/c29-27-26-20-12-3-5-13-23(20)30(22-14-7-9-17-8-1-2-10-18(17)22)24(26)16-21-19-11-4-6-15-25(19)31-28(21)27/h1-16H,29H2. The van der Waals surface area contributed by atoms with Gasteiger partial charge in [-0.3, -0.25) is 0 Å². The molecule has 3 heteroatoms. The first-order valence-electron chi connectivity index (χ1n) is 10.4. The molecule has 0 aliphatic rings. The van der Waals surface area contributed by atoms with Crippen molar-refractivity contribution < 1.29 is 4.42 Å². The quantitative estimate of drug-likeness (QED) is 0.292. The molecule has 5 aromatic carbocycles. The molecule has 0 aliphatic heterocycles. The van der Waals surface area contributed by atoms with Gasteiger partial charge in [0.15, 0.2) is 5.58 Å². The van der Waals surface area contributed by atoms with E-state index in [0.29, 0.717) is 5.69 Å². The minimum atomic E-state index is 0.693. The molecule has 2 aromatic heterocycles. The fourth-order valence-electron chi connectivity index (χ4n) is 5.00. The normalized spacial score (nSPS) is 12.0. The van der Waals surface area contributed by atoms with Crippen molar-refractivity contribution in [2.45, 2.75) is 0 Å². The van der Waals surface area contributed by atoms with Gasteiger partial charge in [-0.15, -0.1) is 0 Å². The highest BCUT2D eigenvalue weighted by Crippen LogP contribution is 2.43. The van der Waals surface area contributed by atoms with E-state index in [0.717, 1.165) is 49.4 Å². The van der Waals surface area contributed by atoms with Crippen LogP contribution in [0.3, 0.4) is 0 Å². The molecule has 0 bridgehead atoms. The van der Waals surface area contributed by atoms with E-state index >= 15 is 0 Å². The lowest BCUT2D eigenvalue weighted by molar-refractivity contribution is 0.671. The Hall–Kier alpha value is -4.24. The number of nitrogen functional groups attached to an aromatic ring is 1. The maximum absolute atomic E-state index is 6.78. The lowest BCUT2D eigenvalue weighted by Crippen LogP contribution is -1.95.